The summed E-state index contributed by atoms with van der Waals surface area (Å²) in [7, 11) is 0. The molecule has 0 aromatic heterocycles. The maximum Gasteiger partial charge on any atom is 0.309 e. The van der Waals surface area contributed by atoms with Crippen LogP contribution in [-0.2, 0) is 14.3 Å². The monoisotopic (exact) mass is 441 g/mol. The van der Waals surface area contributed by atoms with E-state index in [1.54, 1.807) is 0 Å². The van der Waals surface area contributed by atoms with E-state index in [1.807, 2.05) is 30.0 Å². The van der Waals surface area contributed by atoms with E-state index in [0.29, 0.717) is 38.1 Å². The molecular formula is C25H35N3O4. The van der Waals surface area contributed by atoms with Gasteiger partial charge in [-0.3, -0.25) is 14.4 Å². The molecule has 2 amide bonds. The summed E-state index contributed by atoms with van der Waals surface area (Å²) in [6, 6.07) is 5.69. The normalized spacial score (nSPS) is 19.9. The molecule has 2 aliphatic heterocycles. The number of likely N-dealkylation sites (tertiary alicyclic amines) is 1. The summed E-state index contributed by atoms with van der Waals surface area (Å²) in [4.78, 5) is 42.0. The Kier molecular flexibility index (Phi) is 7.33. The fraction of sp³-hybridized carbons (Fsp3) is 0.640. The van der Waals surface area contributed by atoms with Crippen LogP contribution in [0, 0.1) is 11.8 Å². The molecular weight excluding hydrogens is 406 g/mol. The fourth-order valence-corrected chi connectivity index (χ4v) is 4.70. The van der Waals surface area contributed by atoms with E-state index in [-0.39, 0.29) is 29.6 Å². The summed E-state index contributed by atoms with van der Waals surface area (Å²) >= 11 is 0. The molecule has 0 atom stereocenters. The third-order valence-corrected chi connectivity index (χ3v) is 6.79. The molecule has 174 valence electrons. The smallest absolute Gasteiger partial charge is 0.309 e. The first-order valence-corrected chi connectivity index (χ1v) is 12.2. The van der Waals surface area contributed by atoms with Crippen molar-refractivity contribution in [3.8, 4) is 0 Å². The Morgan fingerprint density at radius 2 is 1.62 bits per heavy atom. The summed E-state index contributed by atoms with van der Waals surface area (Å²) < 4.78 is 5.15. The van der Waals surface area contributed by atoms with Crippen molar-refractivity contribution >= 4 is 29.2 Å². The van der Waals surface area contributed by atoms with Crippen LogP contribution in [0.3, 0.4) is 0 Å². The molecule has 1 aromatic rings. The van der Waals surface area contributed by atoms with E-state index in [1.165, 1.54) is 12.8 Å². The number of rotatable bonds is 6. The number of anilines is 2. The minimum atomic E-state index is -0.152. The third kappa shape index (κ3) is 5.43. The van der Waals surface area contributed by atoms with Gasteiger partial charge in [-0.15, -0.1) is 0 Å². The average Bonchev–Trinajstić information content (AvgIpc) is 3.66. The van der Waals surface area contributed by atoms with Crippen LogP contribution < -0.4 is 10.2 Å². The second kappa shape index (κ2) is 10.4. The summed E-state index contributed by atoms with van der Waals surface area (Å²) in [5, 5.41) is 3.03. The van der Waals surface area contributed by atoms with Gasteiger partial charge in [-0.1, -0.05) is 12.8 Å². The summed E-state index contributed by atoms with van der Waals surface area (Å²) in [5.41, 5.74) is 2.36. The molecule has 32 heavy (non-hydrogen) atoms. The first-order valence-electron chi connectivity index (χ1n) is 12.2. The molecule has 4 rings (SSSR count). The lowest BCUT2D eigenvalue weighted by molar-refractivity contribution is -0.149. The highest BCUT2D eigenvalue weighted by Crippen LogP contribution is 2.33. The minimum absolute atomic E-state index is 0.00613. The Balaban J connectivity index is 1.51. The predicted octanol–water partition coefficient (Wildman–Crippen LogP) is 3.83. The van der Waals surface area contributed by atoms with Crippen LogP contribution in [0.5, 0.6) is 0 Å². The number of hydrogen-bond acceptors (Lipinski definition) is 5. The Morgan fingerprint density at radius 3 is 2.25 bits per heavy atom. The van der Waals surface area contributed by atoms with E-state index in [2.05, 4.69) is 10.2 Å². The molecule has 7 heteroatoms. The highest BCUT2D eigenvalue weighted by Gasteiger charge is 2.32. The van der Waals surface area contributed by atoms with Crippen molar-refractivity contribution in [3.63, 3.8) is 0 Å². The zero-order valence-corrected chi connectivity index (χ0v) is 19.1. The summed E-state index contributed by atoms with van der Waals surface area (Å²) in [5.74, 6) is -0.0538. The number of esters is 1. The molecule has 1 aliphatic carbocycles. The number of piperidine rings is 1. The van der Waals surface area contributed by atoms with Crippen LogP contribution in [0.15, 0.2) is 18.2 Å². The second-order valence-corrected chi connectivity index (χ2v) is 9.22. The van der Waals surface area contributed by atoms with Crippen molar-refractivity contribution in [2.75, 3.05) is 43.0 Å². The van der Waals surface area contributed by atoms with Gasteiger partial charge in [-0.25, -0.2) is 0 Å². The molecule has 3 aliphatic rings. The molecule has 0 radical (unpaired) electrons. The first kappa shape index (κ1) is 22.6. The number of nitrogens with zero attached hydrogens (tertiary/aromatic N) is 2. The Bertz CT molecular complexity index is 836. The van der Waals surface area contributed by atoms with Gasteiger partial charge in [0.25, 0.3) is 5.91 Å². The fourth-order valence-electron chi connectivity index (χ4n) is 4.70. The van der Waals surface area contributed by atoms with E-state index in [4.69, 9.17) is 4.74 Å². The second-order valence-electron chi connectivity index (χ2n) is 9.22. The molecule has 0 bridgehead atoms. The van der Waals surface area contributed by atoms with Crippen molar-refractivity contribution in [3.05, 3.63) is 23.8 Å². The molecule has 7 nitrogen and oxygen atoms in total. The maximum atomic E-state index is 13.5. The van der Waals surface area contributed by atoms with Crippen LogP contribution in [0.1, 0.15) is 68.6 Å². The molecule has 0 spiro atoms. The Morgan fingerprint density at radius 1 is 0.938 bits per heavy atom. The lowest BCUT2D eigenvalue weighted by Gasteiger charge is -2.33. The lowest BCUT2D eigenvalue weighted by atomic mass is 9.96. The van der Waals surface area contributed by atoms with Gasteiger partial charge in [0.2, 0.25) is 5.91 Å². The van der Waals surface area contributed by atoms with Crippen molar-refractivity contribution in [2.24, 2.45) is 11.8 Å². The molecule has 0 unspecified atom stereocenters. The van der Waals surface area contributed by atoms with Crippen molar-refractivity contribution in [2.45, 2.75) is 58.3 Å². The SMILES string of the molecule is CCOC(=O)C1CCN(C(=O)c2ccc(NC(=O)C3CC3)cc2N2CCCCCC2)CC1. The van der Waals surface area contributed by atoms with Crippen LogP contribution in [0.25, 0.3) is 0 Å². The molecule has 2 saturated heterocycles. The van der Waals surface area contributed by atoms with Gasteiger partial charge in [0, 0.05) is 37.8 Å². The Hall–Kier alpha value is -2.57. The standard InChI is InChI=1S/C25H35N3O4/c1-2-32-25(31)19-11-15-28(16-12-19)24(30)21-10-9-20(26-23(29)18-7-8-18)17-22(21)27-13-5-3-4-6-14-27/h9-10,17-19H,2-8,11-16H2,1H3,(H,26,29). The number of carbonyl (C=O) groups excluding carboxylic acids is 3. The van der Waals surface area contributed by atoms with Gasteiger partial charge in [0.15, 0.2) is 0 Å². The van der Waals surface area contributed by atoms with Gasteiger partial charge in [-0.05, 0) is 63.6 Å². The van der Waals surface area contributed by atoms with Crippen molar-refractivity contribution in [1.82, 2.24) is 4.90 Å². The van der Waals surface area contributed by atoms with Crippen molar-refractivity contribution < 1.29 is 19.1 Å². The predicted molar refractivity (Wildman–Crippen MR) is 124 cm³/mol. The number of benzene rings is 1. The van der Waals surface area contributed by atoms with Gasteiger partial charge < -0.3 is 19.9 Å². The average molecular weight is 442 g/mol. The van der Waals surface area contributed by atoms with Crippen LogP contribution >= 0.6 is 0 Å². The first-order chi connectivity index (χ1) is 15.6. The van der Waals surface area contributed by atoms with Crippen molar-refractivity contribution in [1.29, 1.82) is 0 Å². The molecule has 1 saturated carbocycles. The van der Waals surface area contributed by atoms with E-state index < -0.39 is 0 Å². The number of nitrogens with one attached hydrogen (secondary N) is 1. The number of ether oxygens (including phenoxy) is 1. The van der Waals surface area contributed by atoms with Gasteiger partial charge >= 0.3 is 5.97 Å². The number of hydrogen-bond donors (Lipinski definition) is 1. The molecule has 1 N–H and O–H groups in total. The summed E-state index contributed by atoms with van der Waals surface area (Å²) in [6.07, 6.45) is 7.83. The van der Waals surface area contributed by atoms with Crippen LogP contribution in [0.2, 0.25) is 0 Å². The molecule has 1 aromatic carbocycles. The number of carbonyl (C=O) groups is 3. The summed E-state index contributed by atoms with van der Waals surface area (Å²) in [6.45, 7) is 5.17. The van der Waals surface area contributed by atoms with Gasteiger partial charge in [0.05, 0.1) is 23.8 Å². The topological polar surface area (TPSA) is 79.0 Å². The van der Waals surface area contributed by atoms with E-state index in [9.17, 15) is 14.4 Å². The zero-order valence-electron chi connectivity index (χ0n) is 19.1. The zero-order chi connectivity index (χ0) is 22.5. The van der Waals surface area contributed by atoms with E-state index >= 15 is 0 Å². The van der Waals surface area contributed by atoms with E-state index in [0.717, 1.165) is 50.1 Å². The number of amides is 2. The molecule has 3 fully saturated rings. The highest BCUT2D eigenvalue weighted by molar-refractivity contribution is 6.02. The largest absolute Gasteiger partial charge is 0.466 e. The third-order valence-electron chi connectivity index (χ3n) is 6.79. The quantitative estimate of drug-likeness (QED) is 0.679. The highest BCUT2D eigenvalue weighted by atomic mass is 16.5. The molecule has 2 heterocycles. The van der Waals surface area contributed by atoms with Gasteiger partial charge in [-0.2, -0.15) is 0 Å². The van der Waals surface area contributed by atoms with Crippen LogP contribution in [-0.4, -0.2) is 55.5 Å². The minimum Gasteiger partial charge on any atom is -0.466 e. The maximum absolute atomic E-state index is 13.5. The Labute approximate surface area is 190 Å². The van der Waals surface area contributed by atoms with Crippen LogP contribution in [0.4, 0.5) is 11.4 Å². The van der Waals surface area contributed by atoms with Gasteiger partial charge in [0.1, 0.15) is 0 Å². The lowest BCUT2D eigenvalue weighted by Crippen LogP contribution is -2.41.